The number of aryl methyl sites for hydroxylation is 1. The van der Waals surface area contributed by atoms with Crippen LogP contribution in [0.5, 0.6) is 0 Å². The van der Waals surface area contributed by atoms with E-state index >= 15 is 0 Å². The van der Waals surface area contributed by atoms with Gasteiger partial charge in [0, 0.05) is 11.6 Å². The Morgan fingerprint density at radius 2 is 1.52 bits per heavy atom. The Labute approximate surface area is 157 Å². The molecule has 0 fully saturated rings. The third kappa shape index (κ3) is 5.24. The summed E-state index contributed by atoms with van der Waals surface area (Å²) in [7, 11) is -8.54. The SMILES string of the molecule is Cc1cccc(S(=O)(=O)Nc2cc(S(=O)(=O)NC(C)(C)C)c(F)cc2F)c1. The van der Waals surface area contributed by atoms with E-state index in [9.17, 15) is 25.6 Å². The van der Waals surface area contributed by atoms with Crippen LogP contribution in [0.15, 0.2) is 46.2 Å². The van der Waals surface area contributed by atoms with E-state index in [0.717, 1.165) is 0 Å². The van der Waals surface area contributed by atoms with Gasteiger partial charge in [0.1, 0.15) is 16.5 Å². The lowest BCUT2D eigenvalue weighted by atomic mass is 10.1. The molecule has 27 heavy (non-hydrogen) atoms. The fraction of sp³-hybridized carbons (Fsp3) is 0.294. The summed E-state index contributed by atoms with van der Waals surface area (Å²) in [4.78, 5) is -0.996. The van der Waals surface area contributed by atoms with Gasteiger partial charge in [-0.2, -0.15) is 0 Å². The molecule has 0 atom stereocenters. The molecule has 0 heterocycles. The summed E-state index contributed by atoms with van der Waals surface area (Å²) in [5.41, 5.74) is -0.928. The Bertz CT molecular complexity index is 1080. The fourth-order valence-electron chi connectivity index (χ4n) is 2.26. The Hall–Kier alpha value is -2.04. The van der Waals surface area contributed by atoms with Crippen molar-refractivity contribution in [2.45, 2.75) is 43.0 Å². The number of sulfonamides is 2. The molecule has 0 bridgehead atoms. The molecule has 0 unspecified atom stereocenters. The molecule has 0 spiro atoms. The fourth-order valence-corrected chi connectivity index (χ4v) is 4.92. The van der Waals surface area contributed by atoms with Crippen molar-refractivity contribution in [1.29, 1.82) is 0 Å². The molecule has 10 heteroatoms. The Kier molecular flexibility index (Phi) is 5.65. The quantitative estimate of drug-likeness (QED) is 0.780. The van der Waals surface area contributed by atoms with E-state index in [-0.39, 0.29) is 4.90 Å². The minimum Gasteiger partial charge on any atom is -0.277 e. The largest absolute Gasteiger partial charge is 0.277 e. The summed E-state index contributed by atoms with van der Waals surface area (Å²) in [6.45, 7) is 6.33. The molecule has 0 saturated carbocycles. The highest BCUT2D eigenvalue weighted by molar-refractivity contribution is 7.92. The Morgan fingerprint density at radius 3 is 2.07 bits per heavy atom. The number of hydrogen-bond donors (Lipinski definition) is 2. The average Bonchev–Trinajstić information content (AvgIpc) is 2.47. The zero-order valence-electron chi connectivity index (χ0n) is 15.2. The van der Waals surface area contributed by atoms with E-state index in [0.29, 0.717) is 17.7 Å². The molecule has 2 aromatic rings. The summed E-state index contributed by atoms with van der Waals surface area (Å²) in [6.07, 6.45) is 0. The van der Waals surface area contributed by atoms with E-state index < -0.39 is 47.8 Å². The van der Waals surface area contributed by atoms with Crippen molar-refractivity contribution < 1.29 is 25.6 Å². The predicted molar refractivity (Wildman–Crippen MR) is 98.4 cm³/mol. The first kappa shape index (κ1) is 21.3. The zero-order valence-corrected chi connectivity index (χ0v) is 16.8. The van der Waals surface area contributed by atoms with Crippen LogP contribution in [-0.4, -0.2) is 22.4 Å². The van der Waals surface area contributed by atoms with Crippen molar-refractivity contribution in [3.05, 3.63) is 53.6 Å². The lowest BCUT2D eigenvalue weighted by molar-refractivity contribution is 0.485. The van der Waals surface area contributed by atoms with Crippen molar-refractivity contribution >= 4 is 25.7 Å². The number of rotatable bonds is 5. The number of hydrogen-bond acceptors (Lipinski definition) is 4. The summed E-state index contributed by atoms with van der Waals surface area (Å²) < 4.78 is 82.0. The normalized spacial score (nSPS) is 12.8. The molecule has 148 valence electrons. The monoisotopic (exact) mass is 418 g/mol. The Balaban J connectivity index is 2.50. The number of benzene rings is 2. The molecule has 0 aliphatic heterocycles. The smallest absolute Gasteiger partial charge is 0.261 e. The summed E-state index contributed by atoms with van der Waals surface area (Å²) >= 11 is 0. The molecule has 2 N–H and O–H groups in total. The second-order valence-corrected chi connectivity index (χ2v) is 10.4. The topological polar surface area (TPSA) is 92.3 Å². The Morgan fingerprint density at radius 1 is 0.889 bits per heavy atom. The van der Waals surface area contributed by atoms with Gasteiger partial charge in [0.25, 0.3) is 10.0 Å². The first-order chi connectivity index (χ1) is 12.2. The van der Waals surface area contributed by atoms with E-state index in [4.69, 9.17) is 0 Å². The third-order valence-corrected chi connectivity index (χ3v) is 6.43. The first-order valence-electron chi connectivity index (χ1n) is 7.84. The third-order valence-electron chi connectivity index (χ3n) is 3.30. The maximum absolute atomic E-state index is 14.1. The van der Waals surface area contributed by atoms with Gasteiger partial charge in [-0.05, 0) is 51.5 Å². The van der Waals surface area contributed by atoms with Crippen LogP contribution in [0.2, 0.25) is 0 Å². The maximum Gasteiger partial charge on any atom is 0.261 e. The van der Waals surface area contributed by atoms with Crippen LogP contribution in [0.4, 0.5) is 14.5 Å². The first-order valence-corrected chi connectivity index (χ1v) is 10.8. The molecule has 6 nitrogen and oxygen atoms in total. The standard InChI is InChI=1S/C17H20F2N2O4S2/c1-11-6-5-7-12(8-11)26(22,23)20-15-10-16(14(19)9-13(15)18)27(24,25)21-17(2,3)4/h5-10,20-21H,1-4H3. The molecule has 0 radical (unpaired) electrons. The summed E-state index contributed by atoms with van der Waals surface area (Å²) in [5.74, 6) is -2.57. The molecule has 0 amide bonds. The van der Waals surface area contributed by atoms with Crippen molar-refractivity contribution in [2.75, 3.05) is 4.72 Å². The molecule has 2 rings (SSSR count). The summed E-state index contributed by atoms with van der Waals surface area (Å²) in [5, 5.41) is 0. The van der Waals surface area contributed by atoms with Crippen LogP contribution >= 0.6 is 0 Å². The van der Waals surface area contributed by atoms with Crippen molar-refractivity contribution in [3.63, 3.8) is 0 Å². The van der Waals surface area contributed by atoms with Gasteiger partial charge < -0.3 is 0 Å². The van der Waals surface area contributed by atoms with E-state index in [1.54, 1.807) is 33.8 Å². The molecule has 2 aromatic carbocycles. The van der Waals surface area contributed by atoms with Crippen LogP contribution in [-0.2, 0) is 20.0 Å². The molecule has 0 saturated heterocycles. The molecule has 0 aliphatic rings. The van der Waals surface area contributed by atoms with Gasteiger partial charge >= 0.3 is 0 Å². The zero-order chi connectivity index (χ0) is 20.6. The number of halogens is 2. The van der Waals surface area contributed by atoms with E-state index in [2.05, 4.69) is 4.72 Å². The molecule has 0 aliphatic carbocycles. The minimum absolute atomic E-state index is 0.136. The van der Waals surface area contributed by atoms with Crippen molar-refractivity contribution in [3.8, 4) is 0 Å². The van der Waals surface area contributed by atoms with Gasteiger partial charge in [0.05, 0.1) is 10.6 Å². The van der Waals surface area contributed by atoms with E-state index in [1.165, 1.54) is 18.2 Å². The van der Waals surface area contributed by atoms with Crippen molar-refractivity contribution in [2.24, 2.45) is 0 Å². The van der Waals surface area contributed by atoms with Crippen LogP contribution in [0.1, 0.15) is 26.3 Å². The van der Waals surface area contributed by atoms with Gasteiger partial charge in [0.15, 0.2) is 0 Å². The van der Waals surface area contributed by atoms with Crippen LogP contribution in [0.3, 0.4) is 0 Å². The van der Waals surface area contributed by atoms with E-state index in [1.807, 2.05) is 4.72 Å². The van der Waals surface area contributed by atoms with Crippen molar-refractivity contribution in [1.82, 2.24) is 4.72 Å². The summed E-state index contributed by atoms with van der Waals surface area (Å²) in [6, 6.07) is 6.80. The van der Waals surface area contributed by atoms with Crippen LogP contribution < -0.4 is 9.44 Å². The number of nitrogens with one attached hydrogen (secondary N) is 2. The average molecular weight is 418 g/mol. The van der Waals surface area contributed by atoms with Gasteiger partial charge in [-0.3, -0.25) is 4.72 Å². The van der Waals surface area contributed by atoms with Gasteiger partial charge in [-0.25, -0.2) is 30.3 Å². The lowest BCUT2D eigenvalue weighted by Gasteiger charge is -2.21. The second-order valence-electron chi connectivity index (χ2n) is 7.04. The highest BCUT2D eigenvalue weighted by Crippen LogP contribution is 2.26. The van der Waals surface area contributed by atoms with Gasteiger partial charge in [-0.15, -0.1) is 0 Å². The highest BCUT2D eigenvalue weighted by atomic mass is 32.2. The lowest BCUT2D eigenvalue weighted by Crippen LogP contribution is -2.40. The van der Waals surface area contributed by atoms with Crippen LogP contribution in [0, 0.1) is 18.6 Å². The minimum atomic E-state index is -4.34. The second kappa shape index (κ2) is 7.17. The predicted octanol–water partition coefficient (Wildman–Crippen LogP) is 3.15. The highest BCUT2D eigenvalue weighted by Gasteiger charge is 2.27. The van der Waals surface area contributed by atoms with Gasteiger partial charge in [-0.1, -0.05) is 12.1 Å². The van der Waals surface area contributed by atoms with Crippen LogP contribution in [0.25, 0.3) is 0 Å². The maximum atomic E-state index is 14.1. The molecular formula is C17H20F2N2O4S2. The molecule has 0 aromatic heterocycles. The van der Waals surface area contributed by atoms with Gasteiger partial charge in [0.2, 0.25) is 10.0 Å². The number of anilines is 1. The molecular weight excluding hydrogens is 398 g/mol.